The second kappa shape index (κ2) is 6.02. The SMILES string of the molecule is CCc1nn(C)cc1CNS(=O)(=O)c1cncc(Br)c1. The number of aromatic nitrogens is 3. The molecule has 6 nitrogen and oxygen atoms in total. The third kappa shape index (κ3) is 3.44. The molecular weight excluding hydrogens is 344 g/mol. The van der Waals surface area contributed by atoms with Crippen LogP contribution in [0.5, 0.6) is 0 Å². The third-order valence-electron chi connectivity index (χ3n) is 2.77. The fourth-order valence-corrected chi connectivity index (χ4v) is 3.33. The number of nitrogens with zero attached hydrogens (tertiary/aromatic N) is 3. The minimum Gasteiger partial charge on any atom is -0.275 e. The van der Waals surface area contributed by atoms with Crippen LogP contribution in [0, 0.1) is 0 Å². The lowest BCUT2D eigenvalue weighted by Crippen LogP contribution is -2.23. The Labute approximate surface area is 126 Å². The minimum absolute atomic E-state index is 0.133. The van der Waals surface area contributed by atoms with Gasteiger partial charge in [-0.2, -0.15) is 5.10 Å². The van der Waals surface area contributed by atoms with Crippen molar-refractivity contribution < 1.29 is 8.42 Å². The number of halogens is 1. The van der Waals surface area contributed by atoms with Crippen LogP contribution in [-0.4, -0.2) is 23.2 Å². The van der Waals surface area contributed by atoms with Gasteiger partial charge in [0.2, 0.25) is 10.0 Å². The molecule has 0 aliphatic carbocycles. The largest absolute Gasteiger partial charge is 0.275 e. The number of nitrogens with one attached hydrogen (secondary N) is 1. The standard InChI is InChI=1S/C12H15BrN4O2S/c1-3-12-9(8-17(2)16-12)5-15-20(18,19)11-4-10(13)6-14-7-11/h4,6-8,15H,3,5H2,1-2H3. The molecule has 108 valence electrons. The Kier molecular flexibility index (Phi) is 4.56. The van der Waals surface area contributed by atoms with Crippen LogP contribution < -0.4 is 4.72 Å². The summed E-state index contributed by atoms with van der Waals surface area (Å²) in [6.07, 6.45) is 5.43. The normalized spacial score (nSPS) is 11.8. The van der Waals surface area contributed by atoms with Crippen molar-refractivity contribution in [1.29, 1.82) is 0 Å². The monoisotopic (exact) mass is 358 g/mol. The molecule has 0 saturated heterocycles. The van der Waals surface area contributed by atoms with E-state index in [0.29, 0.717) is 4.47 Å². The van der Waals surface area contributed by atoms with E-state index < -0.39 is 10.0 Å². The van der Waals surface area contributed by atoms with Crippen LogP contribution in [0.2, 0.25) is 0 Å². The average Bonchev–Trinajstić information content (AvgIpc) is 2.77. The first-order chi connectivity index (χ1) is 9.42. The Morgan fingerprint density at radius 2 is 2.15 bits per heavy atom. The van der Waals surface area contributed by atoms with Gasteiger partial charge in [-0.05, 0) is 28.4 Å². The molecule has 8 heteroatoms. The van der Waals surface area contributed by atoms with Gasteiger partial charge in [0.1, 0.15) is 4.90 Å². The zero-order valence-electron chi connectivity index (χ0n) is 11.2. The van der Waals surface area contributed by atoms with E-state index in [0.717, 1.165) is 17.7 Å². The highest BCUT2D eigenvalue weighted by Gasteiger charge is 2.16. The highest BCUT2D eigenvalue weighted by molar-refractivity contribution is 9.10. The first-order valence-electron chi connectivity index (χ1n) is 6.04. The van der Waals surface area contributed by atoms with E-state index in [4.69, 9.17) is 0 Å². The lowest BCUT2D eigenvalue weighted by molar-refractivity contribution is 0.580. The summed E-state index contributed by atoms with van der Waals surface area (Å²) in [6.45, 7) is 2.20. The van der Waals surface area contributed by atoms with Crippen molar-refractivity contribution in [1.82, 2.24) is 19.5 Å². The molecule has 0 bridgehead atoms. The Morgan fingerprint density at radius 1 is 1.40 bits per heavy atom. The van der Waals surface area contributed by atoms with Crippen LogP contribution in [0.4, 0.5) is 0 Å². The molecule has 0 fully saturated rings. The molecule has 2 heterocycles. The summed E-state index contributed by atoms with van der Waals surface area (Å²) in [7, 11) is -1.76. The molecule has 0 radical (unpaired) electrons. The smallest absolute Gasteiger partial charge is 0.242 e. The van der Waals surface area contributed by atoms with Gasteiger partial charge in [-0.25, -0.2) is 13.1 Å². The van der Waals surface area contributed by atoms with Gasteiger partial charge in [0, 0.05) is 42.2 Å². The van der Waals surface area contributed by atoms with E-state index in [9.17, 15) is 8.42 Å². The zero-order valence-corrected chi connectivity index (χ0v) is 13.6. The second-order valence-electron chi connectivity index (χ2n) is 4.29. The molecule has 0 aliphatic rings. The number of hydrogen-bond donors (Lipinski definition) is 1. The lowest BCUT2D eigenvalue weighted by Gasteiger charge is -2.06. The second-order valence-corrected chi connectivity index (χ2v) is 6.97. The fourth-order valence-electron chi connectivity index (χ4n) is 1.82. The van der Waals surface area contributed by atoms with Crippen LogP contribution in [0.15, 0.2) is 34.0 Å². The summed E-state index contributed by atoms with van der Waals surface area (Å²) < 4.78 is 29.2. The van der Waals surface area contributed by atoms with Gasteiger partial charge >= 0.3 is 0 Å². The summed E-state index contributed by atoms with van der Waals surface area (Å²) >= 11 is 3.21. The number of pyridine rings is 1. The van der Waals surface area contributed by atoms with Gasteiger partial charge in [0.15, 0.2) is 0 Å². The third-order valence-corrected chi connectivity index (χ3v) is 4.57. The molecule has 0 amide bonds. The van der Waals surface area contributed by atoms with Crippen LogP contribution in [0.3, 0.4) is 0 Å². The van der Waals surface area contributed by atoms with Crippen LogP contribution >= 0.6 is 15.9 Å². The molecule has 0 aliphatic heterocycles. The summed E-state index contributed by atoms with van der Waals surface area (Å²) in [5.41, 5.74) is 1.77. The van der Waals surface area contributed by atoms with E-state index in [2.05, 4.69) is 30.7 Å². The van der Waals surface area contributed by atoms with Gasteiger partial charge in [-0.3, -0.25) is 9.67 Å². The van der Waals surface area contributed by atoms with E-state index in [1.807, 2.05) is 20.2 Å². The maximum absolute atomic E-state index is 12.2. The van der Waals surface area contributed by atoms with Crippen molar-refractivity contribution in [3.63, 3.8) is 0 Å². The van der Waals surface area contributed by atoms with Crippen molar-refractivity contribution in [3.05, 3.63) is 40.4 Å². The van der Waals surface area contributed by atoms with Gasteiger partial charge in [-0.1, -0.05) is 6.92 Å². The maximum atomic E-state index is 12.2. The first kappa shape index (κ1) is 15.1. The number of hydrogen-bond acceptors (Lipinski definition) is 4. The van der Waals surface area contributed by atoms with Crippen LogP contribution in [0.1, 0.15) is 18.2 Å². The maximum Gasteiger partial charge on any atom is 0.242 e. The molecule has 2 aromatic heterocycles. The average molecular weight is 359 g/mol. The molecule has 0 saturated carbocycles. The first-order valence-corrected chi connectivity index (χ1v) is 8.31. The van der Waals surface area contributed by atoms with Crippen molar-refractivity contribution >= 4 is 26.0 Å². The summed E-state index contributed by atoms with van der Waals surface area (Å²) in [4.78, 5) is 3.99. The highest BCUT2D eigenvalue weighted by Crippen LogP contribution is 2.15. The quantitative estimate of drug-likeness (QED) is 0.880. The minimum atomic E-state index is -3.58. The molecule has 1 N–H and O–H groups in total. The van der Waals surface area contributed by atoms with Crippen molar-refractivity contribution in [3.8, 4) is 0 Å². The number of sulfonamides is 1. The van der Waals surface area contributed by atoms with Crippen molar-refractivity contribution in [2.24, 2.45) is 7.05 Å². The van der Waals surface area contributed by atoms with Crippen LogP contribution in [0.25, 0.3) is 0 Å². The highest BCUT2D eigenvalue weighted by atomic mass is 79.9. The molecule has 0 atom stereocenters. The topological polar surface area (TPSA) is 76.9 Å². The summed E-state index contributed by atoms with van der Waals surface area (Å²) in [6, 6.07) is 1.51. The van der Waals surface area contributed by atoms with E-state index in [1.165, 1.54) is 18.5 Å². The van der Waals surface area contributed by atoms with Crippen molar-refractivity contribution in [2.75, 3.05) is 0 Å². The molecule has 2 rings (SSSR count). The predicted molar refractivity (Wildman–Crippen MR) is 78.5 cm³/mol. The van der Waals surface area contributed by atoms with Gasteiger partial charge < -0.3 is 0 Å². The number of rotatable bonds is 5. The summed E-state index contributed by atoms with van der Waals surface area (Å²) in [5, 5.41) is 4.28. The Hall–Kier alpha value is -1.25. The van der Waals surface area contributed by atoms with E-state index >= 15 is 0 Å². The number of aryl methyl sites for hydroxylation is 2. The van der Waals surface area contributed by atoms with Gasteiger partial charge in [0.05, 0.1) is 5.69 Å². The van der Waals surface area contributed by atoms with Gasteiger partial charge in [0.25, 0.3) is 0 Å². The Morgan fingerprint density at radius 3 is 2.80 bits per heavy atom. The predicted octanol–water partition coefficient (Wildman–Crippen LogP) is 1.62. The molecule has 0 aromatic carbocycles. The molecule has 0 unspecified atom stereocenters. The van der Waals surface area contributed by atoms with E-state index in [-0.39, 0.29) is 11.4 Å². The van der Waals surface area contributed by atoms with Gasteiger partial charge in [-0.15, -0.1) is 0 Å². The summed E-state index contributed by atoms with van der Waals surface area (Å²) in [5.74, 6) is 0. The fraction of sp³-hybridized carbons (Fsp3) is 0.333. The van der Waals surface area contributed by atoms with Crippen molar-refractivity contribution in [2.45, 2.75) is 24.8 Å². The Balaban J connectivity index is 2.17. The Bertz CT molecular complexity index is 712. The molecular formula is C12H15BrN4O2S. The molecule has 0 spiro atoms. The zero-order chi connectivity index (χ0) is 14.8. The van der Waals surface area contributed by atoms with E-state index in [1.54, 1.807) is 4.68 Å². The lowest BCUT2D eigenvalue weighted by atomic mass is 10.2. The molecule has 2 aromatic rings. The molecule has 20 heavy (non-hydrogen) atoms. The van der Waals surface area contributed by atoms with Crippen LogP contribution in [-0.2, 0) is 30.0 Å².